The van der Waals surface area contributed by atoms with E-state index in [0.29, 0.717) is 12.4 Å². The molecule has 1 atom stereocenters. The number of halogens is 2. The lowest BCUT2D eigenvalue weighted by Gasteiger charge is -2.09. The quantitative estimate of drug-likeness (QED) is 0.585. The average Bonchev–Trinajstić information content (AvgIpc) is 2.30. The highest BCUT2D eigenvalue weighted by Gasteiger charge is 2.04. The molecule has 0 aromatic heterocycles. The van der Waals surface area contributed by atoms with E-state index in [1.54, 1.807) is 0 Å². The van der Waals surface area contributed by atoms with Crippen molar-refractivity contribution < 1.29 is 13.5 Å². The Morgan fingerprint density at radius 3 is 2.71 bits per heavy atom. The van der Waals surface area contributed by atoms with E-state index < -0.39 is 11.6 Å². The molecule has 0 radical (unpaired) electrons. The lowest BCUT2D eigenvalue weighted by atomic mass is 10.1. The highest BCUT2D eigenvalue weighted by Crippen LogP contribution is 2.17. The molecule has 0 amide bonds. The molecule has 0 saturated carbocycles. The third-order valence-electron chi connectivity index (χ3n) is 2.36. The minimum atomic E-state index is -0.669. The van der Waals surface area contributed by atoms with Crippen LogP contribution in [0.4, 0.5) is 8.78 Å². The van der Waals surface area contributed by atoms with Crippen LogP contribution in [-0.2, 0) is 0 Å². The van der Waals surface area contributed by atoms with Crippen molar-refractivity contribution in [1.29, 1.82) is 0 Å². The largest absolute Gasteiger partial charge is 0.491 e. The Hall–Kier alpha value is -0.810. The molecule has 0 heterocycles. The van der Waals surface area contributed by atoms with Crippen LogP contribution in [0.5, 0.6) is 5.75 Å². The van der Waals surface area contributed by atoms with Crippen LogP contribution < -0.4 is 10.5 Å². The number of benzene rings is 1. The van der Waals surface area contributed by atoms with Gasteiger partial charge in [-0.2, -0.15) is 12.6 Å². The van der Waals surface area contributed by atoms with Crippen LogP contribution in [0.15, 0.2) is 18.2 Å². The number of thiol groups is 1. The van der Waals surface area contributed by atoms with Gasteiger partial charge in [0, 0.05) is 17.9 Å². The van der Waals surface area contributed by atoms with Crippen LogP contribution in [0.1, 0.15) is 19.3 Å². The highest BCUT2D eigenvalue weighted by atomic mass is 32.1. The predicted octanol–water partition coefficient (Wildman–Crippen LogP) is 2.77. The fourth-order valence-electron chi connectivity index (χ4n) is 1.37. The number of hydrogen-bond acceptors (Lipinski definition) is 3. The monoisotopic (exact) mass is 261 g/mol. The number of hydrogen-bond donors (Lipinski definition) is 2. The van der Waals surface area contributed by atoms with E-state index in [-0.39, 0.29) is 11.8 Å². The van der Waals surface area contributed by atoms with Crippen molar-refractivity contribution in [2.24, 2.45) is 5.73 Å². The van der Waals surface area contributed by atoms with Crippen molar-refractivity contribution in [1.82, 2.24) is 0 Å². The molecule has 0 aliphatic rings. The van der Waals surface area contributed by atoms with Crippen LogP contribution >= 0.6 is 12.6 Å². The first-order valence-corrected chi connectivity index (χ1v) is 6.21. The molecule has 2 nitrogen and oxygen atoms in total. The van der Waals surface area contributed by atoms with Crippen LogP contribution in [0.3, 0.4) is 0 Å². The Labute approximate surface area is 106 Å². The molecule has 1 aromatic rings. The lowest BCUT2D eigenvalue weighted by Crippen LogP contribution is -2.21. The minimum absolute atomic E-state index is 0.0879. The first-order chi connectivity index (χ1) is 8.13. The standard InChI is InChI=1S/C12H17F2NOS/c13-9-4-5-12(11(14)7-9)16-6-2-1-3-10(15)8-17/h4-5,7,10,17H,1-3,6,8,15H2/t10-/m1/s1. The molecule has 96 valence electrons. The zero-order valence-corrected chi connectivity index (χ0v) is 10.4. The van der Waals surface area contributed by atoms with Gasteiger partial charge in [-0.15, -0.1) is 0 Å². The molecule has 17 heavy (non-hydrogen) atoms. The van der Waals surface area contributed by atoms with Crippen molar-refractivity contribution in [3.05, 3.63) is 29.8 Å². The molecule has 0 fully saturated rings. The molecular formula is C12H17F2NOS. The third kappa shape index (κ3) is 5.37. The molecule has 1 aromatic carbocycles. The van der Waals surface area contributed by atoms with E-state index in [9.17, 15) is 8.78 Å². The fourth-order valence-corrected chi connectivity index (χ4v) is 1.56. The molecule has 0 unspecified atom stereocenters. The van der Waals surface area contributed by atoms with Gasteiger partial charge >= 0.3 is 0 Å². The van der Waals surface area contributed by atoms with E-state index in [1.165, 1.54) is 12.1 Å². The van der Waals surface area contributed by atoms with Gasteiger partial charge in [0.2, 0.25) is 0 Å². The Bertz CT molecular complexity index is 349. The number of nitrogens with two attached hydrogens (primary N) is 1. The van der Waals surface area contributed by atoms with Crippen LogP contribution in [0, 0.1) is 11.6 Å². The maximum atomic E-state index is 13.1. The van der Waals surface area contributed by atoms with Gasteiger partial charge in [0.25, 0.3) is 0 Å². The summed E-state index contributed by atoms with van der Waals surface area (Å²) in [6, 6.07) is 3.38. The van der Waals surface area contributed by atoms with E-state index in [0.717, 1.165) is 25.3 Å². The summed E-state index contributed by atoms with van der Waals surface area (Å²) in [6.45, 7) is 0.405. The summed E-state index contributed by atoms with van der Waals surface area (Å²) in [5, 5.41) is 0. The van der Waals surface area contributed by atoms with Gasteiger partial charge in [-0.1, -0.05) is 0 Å². The first kappa shape index (κ1) is 14.3. The second-order valence-corrected chi connectivity index (χ2v) is 4.23. The summed E-state index contributed by atoms with van der Waals surface area (Å²) in [5.41, 5.74) is 5.69. The molecule has 5 heteroatoms. The maximum Gasteiger partial charge on any atom is 0.167 e. The second-order valence-electron chi connectivity index (χ2n) is 3.86. The van der Waals surface area contributed by atoms with Gasteiger partial charge in [0.05, 0.1) is 6.61 Å². The zero-order valence-electron chi connectivity index (χ0n) is 9.53. The van der Waals surface area contributed by atoms with Gasteiger partial charge in [0.15, 0.2) is 11.6 Å². The zero-order chi connectivity index (χ0) is 12.7. The molecule has 2 N–H and O–H groups in total. The highest BCUT2D eigenvalue weighted by molar-refractivity contribution is 7.80. The van der Waals surface area contributed by atoms with Crippen LogP contribution in [0.25, 0.3) is 0 Å². The Morgan fingerprint density at radius 2 is 2.06 bits per heavy atom. The maximum absolute atomic E-state index is 13.1. The molecule has 0 aliphatic heterocycles. The molecule has 0 saturated heterocycles. The van der Waals surface area contributed by atoms with Gasteiger partial charge in [-0.25, -0.2) is 8.78 Å². The minimum Gasteiger partial charge on any atom is -0.491 e. The van der Waals surface area contributed by atoms with E-state index in [2.05, 4.69) is 12.6 Å². The van der Waals surface area contributed by atoms with E-state index in [1.807, 2.05) is 0 Å². The summed E-state index contributed by atoms with van der Waals surface area (Å²) >= 11 is 4.08. The Balaban J connectivity index is 2.22. The van der Waals surface area contributed by atoms with Gasteiger partial charge in [-0.05, 0) is 31.4 Å². The van der Waals surface area contributed by atoms with Gasteiger partial charge in [-0.3, -0.25) is 0 Å². The summed E-state index contributed by atoms with van der Waals surface area (Å²) in [6.07, 6.45) is 2.57. The second kappa shape index (κ2) is 7.50. The predicted molar refractivity (Wildman–Crippen MR) is 67.5 cm³/mol. The lowest BCUT2D eigenvalue weighted by molar-refractivity contribution is 0.288. The Kier molecular flexibility index (Phi) is 6.29. The molecule has 0 spiro atoms. The van der Waals surface area contributed by atoms with Crippen molar-refractivity contribution >= 4 is 12.6 Å². The molecule has 1 rings (SSSR count). The van der Waals surface area contributed by atoms with Crippen molar-refractivity contribution in [2.75, 3.05) is 12.4 Å². The first-order valence-electron chi connectivity index (χ1n) is 5.57. The normalized spacial score (nSPS) is 12.5. The summed E-state index contributed by atoms with van der Waals surface area (Å²) in [4.78, 5) is 0. The molecule has 0 bridgehead atoms. The van der Waals surface area contributed by atoms with Gasteiger partial charge in [0.1, 0.15) is 5.82 Å². The topological polar surface area (TPSA) is 35.2 Å². The third-order valence-corrected chi connectivity index (χ3v) is 2.82. The molecule has 0 aliphatic carbocycles. The van der Waals surface area contributed by atoms with Crippen molar-refractivity contribution in [3.8, 4) is 5.75 Å². The van der Waals surface area contributed by atoms with Gasteiger partial charge < -0.3 is 10.5 Å². The van der Waals surface area contributed by atoms with Crippen LogP contribution in [-0.4, -0.2) is 18.4 Å². The average molecular weight is 261 g/mol. The summed E-state index contributed by atoms with van der Waals surface area (Å²) in [7, 11) is 0. The van der Waals surface area contributed by atoms with Crippen molar-refractivity contribution in [3.63, 3.8) is 0 Å². The smallest absolute Gasteiger partial charge is 0.167 e. The summed E-state index contributed by atoms with van der Waals surface area (Å²) < 4.78 is 31.0. The van der Waals surface area contributed by atoms with Crippen LogP contribution in [0.2, 0.25) is 0 Å². The number of rotatable bonds is 7. The Morgan fingerprint density at radius 1 is 1.29 bits per heavy atom. The molecular weight excluding hydrogens is 244 g/mol. The number of unbranched alkanes of at least 4 members (excludes halogenated alkanes) is 1. The van der Waals surface area contributed by atoms with E-state index >= 15 is 0 Å². The van der Waals surface area contributed by atoms with Crippen molar-refractivity contribution in [2.45, 2.75) is 25.3 Å². The van der Waals surface area contributed by atoms with E-state index in [4.69, 9.17) is 10.5 Å². The SMILES string of the molecule is N[C@@H](CS)CCCCOc1ccc(F)cc1F. The number of ether oxygens (including phenoxy) is 1. The fraction of sp³-hybridized carbons (Fsp3) is 0.500. The summed E-state index contributed by atoms with van der Waals surface area (Å²) in [5.74, 6) is -0.524.